The summed E-state index contributed by atoms with van der Waals surface area (Å²) >= 11 is 5.93. The van der Waals surface area contributed by atoms with E-state index in [4.69, 9.17) is 16.1 Å². The summed E-state index contributed by atoms with van der Waals surface area (Å²) in [6, 6.07) is 12.0. The topological polar surface area (TPSA) is 68.5 Å². The van der Waals surface area contributed by atoms with Gasteiger partial charge in [-0.25, -0.2) is 0 Å². The summed E-state index contributed by atoms with van der Waals surface area (Å²) in [5, 5.41) is 4.32. The molecule has 0 fully saturated rings. The zero-order valence-corrected chi connectivity index (χ0v) is 15.9. The van der Waals surface area contributed by atoms with E-state index in [1.54, 1.807) is 31.3 Å². The van der Waals surface area contributed by atoms with Gasteiger partial charge in [-0.05, 0) is 42.5 Å². The van der Waals surface area contributed by atoms with E-state index in [1.807, 2.05) is 0 Å². The molecule has 0 spiro atoms. The first-order valence-electron chi connectivity index (χ1n) is 8.42. The number of halogens is 4. The number of hydrogen-bond donors (Lipinski definition) is 0. The second-order valence-electron chi connectivity index (χ2n) is 6.02. The second kappa shape index (κ2) is 8.52. The lowest BCUT2D eigenvalue weighted by Crippen LogP contribution is -2.26. The Labute approximate surface area is 168 Å². The number of aryl methyl sites for hydroxylation is 1. The monoisotopic (exact) mass is 425 g/mol. The SMILES string of the molecule is CN(C(=O)CCc1nc(-c2ccc(OC(F)(F)F)cc2)no1)c1cccc(Cl)c1. The van der Waals surface area contributed by atoms with E-state index >= 15 is 0 Å². The Balaban J connectivity index is 1.59. The molecule has 1 aromatic heterocycles. The highest BCUT2D eigenvalue weighted by Gasteiger charge is 2.31. The van der Waals surface area contributed by atoms with E-state index in [-0.39, 0.29) is 36.2 Å². The molecule has 0 N–H and O–H groups in total. The summed E-state index contributed by atoms with van der Waals surface area (Å²) in [4.78, 5) is 18.0. The van der Waals surface area contributed by atoms with Crippen molar-refractivity contribution in [3.8, 4) is 17.1 Å². The highest BCUT2D eigenvalue weighted by atomic mass is 35.5. The molecule has 0 saturated carbocycles. The lowest BCUT2D eigenvalue weighted by Gasteiger charge is -2.17. The van der Waals surface area contributed by atoms with E-state index in [0.29, 0.717) is 16.3 Å². The average molecular weight is 426 g/mol. The summed E-state index contributed by atoms with van der Waals surface area (Å²) < 4.78 is 45.5. The van der Waals surface area contributed by atoms with Gasteiger partial charge >= 0.3 is 6.36 Å². The van der Waals surface area contributed by atoms with E-state index in [2.05, 4.69) is 14.9 Å². The molecule has 0 atom stereocenters. The van der Waals surface area contributed by atoms with Crippen LogP contribution in [0.15, 0.2) is 53.1 Å². The predicted octanol–water partition coefficient (Wildman–Crippen LogP) is 4.88. The highest BCUT2D eigenvalue weighted by molar-refractivity contribution is 6.30. The molecule has 0 aliphatic heterocycles. The third-order valence-electron chi connectivity index (χ3n) is 3.94. The molecule has 0 aliphatic carbocycles. The van der Waals surface area contributed by atoms with Crippen molar-refractivity contribution in [2.75, 3.05) is 11.9 Å². The van der Waals surface area contributed by atoms with Crippen molar-refractivity contribution in [3.05, 3.63) is 59.4 Å². The Morgan fingerprint density at radius 3 is 2.59 bits per heavy atom. The first kappa shape index (κ1) is 20.7. The molecule has 152 valence electrons. The van der Waals surface area contributed by atoms with Gasteiger partial charge in [-0.1, -0.05) is 22.8 Å². The number of carbonyl (C=O) groups excluding carboxylic acids is 1. The predicted molar refractivity (Wildman–Crippen MR) is 99.6 cm³/mol. The molecule has 1 heterocycles. The molecule has 3 aromatic rings. The Morgan fingerprint density at radius 2 is 1.93 bits per heavy atom. The number of aromatic nitrogens is 2. The smallest absolute Gasteiger partial charge is 0.406 e. The van der Waals surface area contributed by atoms with Gasteiger partial charge < -0.3 is 14.2 Å². The van der Waals surface area contributed by atoms with Crippen molar-refractivity contribution in [2.45, 2.75) is 19.2 Å². The van der Waals surface area contributed by atoms with Crippen LogP contribution in [0.3, 0.4) is 0 Å². The fourth-order valence-electron chi connectivity index (χ4n) is 2.49. The van der Waals surface area contributed by atoms with Gasteiger partial charge in [0, 0.05) is 36.2 Å². The molecular weight excluding hydrogens is 411 g/mol. The number of nitrogens with zero attached hydrogens (tertiary/aromatic N) is 3. The lowest BCUT2D eigenvalue weighted by atomic mass is 10.2. The summed E-state index contributed by atoms with van der Waals surface area (Å²) in [6.07, 6.45) is -4.42. The van der Waals surface area contributed by atoms with Crippen LogP contribution in [0.5, 0.6) is 5.75 Å². The summed E-state index contributed by atoms with van der Waals surface area (Å²) in [6.45, 7) is 0. The van der Waals surface area contributed by atoms with Gasteiger partial charge in [-0.2, -0.15) is 4.98 Å². The molecule has 0 saturated heterocycles. The number of rotatable bonds is 6. The van der Waals surface area contributed by atoms with Crippen molar-refractivity contribution in [2.24, 2.45) is 0 Å². The average Bonchev–Trinajstić information content (AvgIpc) is 3.14. The van der Waals surface area contributed by atoms with Crippen LogP contribution < -0.4 is 9.64 Å². The van der Waals surface area contributed by atoms with Crippen LogP contribution in [0.1, 0.15) is 12.3 Å². The Bertz CT molecular complexity index is 990. The molecule has 0 unspecified atom stereocenters. The Hall–Kier alpha value is -3.07. The van der Waals surface area contributed by atoms with Crippen LogP contribution in [0.4, 0.5) is 18.9 Å². The fraction of sp³-hybridized carbons (Fsp3) is 0.211. The molecule has 6 nitrogen and oxygen atoms in total. The molecule has 2 aromatic carbocycles. The van der Waals surface area contributed by atoms with Crippen molar-refractivity contribution in [3.63, 3.8) is 0 Å². The van der Waals surface area contributed by atoms with Gasteiger partial charge in [0.15, 0.2) is 0 Å². The Kier molecular flexibility index (Phi) is 6.07. The van der Waals surface area contributed by atoms with Gasteiger partial charge in [0.1, 0.15) is 5.75 Å². The zero-order chi connectivity index (χ0) is 21.0. The molecular formula is C19H15ClF3N3O3. The van der Waals surface area contributed by atoms with Crippen molar-refractivity contribution >= 4 is 23.2 Å². The maximum absolute atomic E-state index is 12.3. The lowest BCUT2D eigenvalue weighted by molar-refractivity contribution is -0.274. The van der Waals surface area contributed by atoms with E-state index < -0.39 is 6.36 Å². The third-order valence-corrected chi connectivity index (χ3v) is 4.17. The van der Waals surface area contributed by atoms with Crippen LogP contribution in [0, 0.1) is 0 Å². The number of ether oxygens (including phenoxy) is 1. The minimum atomic E-state index is -4.76. The highest BCUT2D eigenvalue weighted by Crippen LogP contribution is 2.25. The number of alkyl halides is 3. The van der Waals surface area contributed by atoms with Crippen molar-refractivity contribution in [1.29, 1.82) is 0 Å². The van der Waals surface area contributed by atoms with Crippen LogP contribution in [0.2, 0.25) is 5.02 Å². The summed E-state index contributed by atoms with van der Waals surface area (Å²) in [5.74, 6) is -0.0713. The maximum atomic E-state index is 12.3. The minimum absolute atomic E-state index is 0.128. The number of carbonyl (C=O) groups is 1. The van der Waals surface area contributed by atoms with E-state index in [0.717, 1.165) is 12.1 Å². The zero-order valence-electron chi connectivity index (χ0n) is 15.1. The third kappa shape index (κ3) is 5.71. The molecule has 0 bridgehead atoms. The van der Waals surface area contributed by atoms with Crippen molar-refractivity contribution < 1.29 is 27.2 Å². The number of amides is 1. The molecule has 0 aliphatic rings. The number of hydrogen-bond acceptors (Lipinski definition) is 5. The summed E-state index contributed by atoms with van der Waals surface area (Å²) in [5.41, 5.74) is 1.12. The van der Waals surface area contributed by atoms with E-state index in [9.17, 15) is 18.0 Å². The normalized spacial score (nSPS) is 11.3. The first-order valence-corrected chi connectivity index (χ1v) is 8.80. The molecule has 0 radical (unpaired) electrons. The number of anilines is 1. The van der Waals surface area contributed by atoms with Gasteiger partial charge in [0.2, 0.25) is 17.6 Å². The van der Waals surface area contributed by atoms with Gasteiger partial charge in [0.25, 0.3) is 0 Å². The Morgan fingerprint density at radius 1 is 1.21 bits per heavy atom. The largest absolute Gasteiger partial charge is 0.573 e. The van der Waals surface area contributed by atoms with Gasteiger partial charge in [0.05, 0.1) is 0 Å². The molecule has 1 amide bonds. The second-order valence-corrected chi connectivity index (χ2v) is 6.45. The quantitative estimate of drug-likeness (QED) is 0.562. The number of benzene rings is 2. The van der Waals surface area contributed by atoms with Crippen LogP contribution in [-0.4, -0.2) is 29.5 Å². The van der Waals surface area contributed by atoms with E-state index in [1.165, 1.54) is 17.0 Å². The van der Waals surface area contributed by atoms with Crippen molar-refractivity contribution in [1.82, 2.24) is 10.1 Å². The van der Waals surface area contributed by atoms with Crippen LogP contribution in [-0.2, 0) is 11.2 Å². The maximum Gasteiger partial charge on any atom is 0.573 e. The molecule has 10 heteroatoms. The minimum Gasteiger partial charge on any atom is -0.406 e. The van der Waals surface area contributed by atoms with Crippen LogP contribution >= 0.6 is 11.6 Å². The fourth-order valence-corrected chi connectivity index (χ4v) is 2.67. The standard InChI is InChI=1S/C19H15ClF3N3O3/c1-26(14-4-2-3-13(20)11-14)17(27)10-9-16-24-18(25-29-16)12-5-7-15(8-6-12)28-19(21,22)23/h2-8,11H,9-10H2,1H3. The summed E-state index contributed by atoms with van der Waals surface area (Å²) in [7, 11) is 1.64. The molecule has 29 heavy (non-hydrogen) atoms. The van der Waals surface area contributed by atoms with Crippen LogP contribution in [0.25, 0.3) is 11.4 Å². The van der Waals surface area contributed by atoms with Gasteiger partial charge in [-0.3, -0.25) is 4.79 Å². The molecule has 3 rings (SSSR count). The van der Waals surface area contributed by atoms with Gasteiger partial charge in [-0.15, -0.1) is 13.2 Å². The first-order chi connectivity index (χ1) is 13.7.